The van der Waals surface area contributed by atoms with E-state index in [1.807, 2.05) is 19.1 Å². The highest BCUT2D eigenvalue weighted by atomic mass is 32.1. The average molecular weight is 314 g/mol. The van der Waals surface area contributed by atoms with Crippen molar-refractivity contribution in [1.82, 2.24) is 4.98 Å². The first-order valence-electron chi connectivity index (χ1n) is 6.25. The Labute approximate surface area is 123 Å². The van der Waals surface area contributed by atoms with E-state index in [2.05, 4.69) is 10.3 Å². The van der Waals surface area contributed by atoms with Gasteiger partial charge in [0.1, 0.15) is 4.88 Å². The normalized spacial score (nSPS) is 11.5. The van der Waals surface area contributed by atoms with Crippen LogP contribution in [0.1, 0.15) is 33.4 Å². The summed E-state index contributed by atoms with van der Waals surface area (Å²) in [6.07, 6.45) is -3.96. The second kappa shape index (κ2) is 5.85. The third kappa shape index (κ3) is 3.24. The van der Waals surface area contributed by atoms with E-state index in [0.717, 1.165) is 16.6 Å². The van der Waals surface area contributed by atoms with Gasteiger partial charge in [-0.25, -0.2) is 4.98 Å². The first-order chi connectivity index (χ1) is 9.84. The van der Waals surface area contributed by atoms with Gasteiger partial charge in [-0.3, -0.25) is 4.79 Å². The fraction of sp³-hybridized carbons (Fsp3) is 0.286. The van der Waals surface area contributed by atoms with Crippen LogP contribution < -0.4 is 5.32 Å². The summed E-state index contributed by atoms with van der Waals surface area (Å²) in [7, 11) is 0. The van der Waals surface area contributed by atoms with E-state index >= 15 is 0 Å². The lowest BCUT2D eigenvalue weighted by atomic mass is 10.1. The summed E-state index contributed by atoms with van der Waals surface area (Å²) >= 11 is 0.680. The fourth-order valence-electron chi connectivity index (χ4n) is 1.98. The van der Waals surface area contributed by atoms with Crippen LogP contribution in [0.5, 0.6) is 0 Å². The SMILES string of the molecule is CCc1cccc(C)c1NC(=O)c1scnc1C(F)(F)F. The molecule has 0 unspecified atom stereocenters. The molecule has 0 aliphatic carbocycles. The minimum absolute atomic E-state index is 0.423. The lowest BCUT2D eigenvalue weighted by Gasteiger charge is -2.13. The van der Waals surface area contributed by atoms with Crippen LogP contribution in [-0.2, 0) is 12.6 Å². The van der Waals surface area contributed by atoms with Crippen molar-refractivity contribution in [3.63, 3.8) is 0 Å². The number of amides is 1. The van der Waals surface area contributed by atoms with E-state index in [1.165, 1.54) is 0 Å². The van der Waals surface area contributed by atoms with Crippen LogP contribution in [0.3, 0.4) is 0 Å². The number of hydrogen-bond donors (Lipinski definition) is 1. The summed E-state index contributed by atoms with van der Waals surface area (Å²) in [5.41, 5.74) is 2.13. The molecule has 3 nitrogen and oxygen atoms in total. The molecule has 0 saturated heterocycles. The van der Waals surface area contributed by atoms with Gasteiger partial charge in [0.25, 0.3) is 5.91 Å². The van der Waals surface area contributed by atoms with E-state index < -0.39 is 22.7 Å². The number of alkyl halides is 3. The molecule has 0 aliphatic rings. The van der Waals surface area contributed by atoms with Crippen molar-refractivity contribution < 1.29 is 18.0 Å². The molecule has 1 heterocycles. The first kappa shape index (κ1) is 15.5. The Morgan fingerprint density at radius 3 is 2.71 bits per heavy atom. The standard InChI is InChI=1S/C14H13F3N2OS/c1-3-9-6-4-5-8(2)10(9)19-13(20)11-12(14(15,16)17)18-7-21-11/h4-7H,3H2,1-2H3,(H,19,20). The molecular weight excluding hydrogens is 301 g/mol. The second-order valence-electron chi connectivity index (χ2n) is 4.44. The van der Waals surface area contributed by atoms with Crippen LogP contribution in [0, 0.1) is 6.92 Å². The Balaban J connectivity index is 2.34. The second-order valence-corrected chi connectivity index (χ2v) is 5.30. The number of halogens is 3. The predicted molar refractivity (Wildman–Crippen MR) is 75.6 cm³/mol. The zero-order chi connectivity index (χ0) is 15.6. The molecule has 7 heteroatoms. The van der Waals surface area contributed by atoms with Gasteiger partial charge in [-0.15, -0.1) is 11.3 Å². The predicted octanol–water partition coefficient (Wildman–Crippen LogP) is 4.29. The topological polar surface area (TPSA) is 42.0 Å². The monoisotopic (exact) mass is 314 g/mol. The van der Waals surface area contributed by atoms with Crippen molar-refractivity contribution in [2.24, 2.45) is 0 Å². The highest BCUT2D eigenvalue weighted by molar-refractivity contribution is 7.12. The van der Waals surface area contributed by atoms with Crippen molar-refractivity contribution in [3.8, 4) is 0 Å². The Kier molecular flexibility index (Phi) is 4.32. The van der Waals surface area contributed by atoms with Crippen molar-refractivity contribution in [1.29, 1.82) is 0 Å². The number of nitrogens with zero attached hydrogens (tertiary/aromatic N) is 1. The van der Waals surface area contributed by atoms with Gasteiger partial charge in [0, 0.05) is 5.69 Å². The Morgan fingerprint density at radius 2 is 2.10 bits per heavy atom. The van der Waals surface area contributed by atoms with Crippen molar-refractivity contribution in [3.05, 3.63) is 45.4 Å². The van der Waals surface area contributed by atoms with Crippen molar-refractivity contribution in [2.45, 2.75) is 26.4 Å². The highest BCUT2D eigenvalue weighted by Gasteiger charge is 2.38. The van der Waals surface area contributed by atoms with Gasteiger partial charge in [0.15, 0.2) is 5.69 Å². The van der Waals surface area contributed by atoms with Gasteiger partial charge in [0.05, 0.1) is 5.51 Å². The van der Waals surface area contributed by atoms with Crippen LogP contribution in [0.4, 0.5) is 18.9 Å². The molecule has 2 aromatic rings. The lowest BCUT2D eigenvalue weighted by molar-refractivity contribution is -0.141. The Morgan fingerprint density at radius 1 is 1.38 bits per heavy atom. The molecule has 0 saturated carbocycles. The number of aryl methyl sites for hydroxylation is 2. The van der Waals surface area contributed by atoms with Crippen LogP contribution in [0.2, 0.25) is 0 Å². The molecule has 0 radical (unpaired) electrons. The van der Waals surface area contributed by atoms with Gasteiger partial charge in [0.2, 0.25) is 0 Å². The molecule has 0 fully saturated rings. The van der Waals surface area contributed by atoms with Gasteiger partial charge < -0.3 is 5.32 Å². The van der Waals surface area contributed by atoms with Gasteiger partial charge in [-0.2, -0.15) is 13.2 Å². The van der Waals surface area contributed by atoms with Gasteiger partial charge >= 0.3 is 6.18 Å². The summed E-state index contributed by atoms with van der Waals surface area (Å²) in [4.78, 5) is 14.9. The molecule has 112 valence electrons. The van der Waals surface area contributed by atoms with Crippen LogP contribution in [-0.4, -0.2) is 10.9 Å². The number of carbonyl (C=O) groups is 1. The molecule has 2 rings (SSSR count). The molecule has 1 aromatic heterocycles. The quantitative estimate of drug-likeness (QED) is 0.918. The molecule has 0 bridgehead atoms. The number of para-hydroxylation sites is 1. The number of nitrogens with one attached hydrogen (secondary N) is 1. The zero-order valence-electron chi connectivity index (χ0n) is 11.4. The molecule has 0 aliphatic heterocycles. The number of hydrogen-bond acceptors (Lipinski definition) is 3. The lowest BCUT2D eigenvalue weighted by Crippen LogP contribution is -2.18. The fourth-order valence-corrected chi connectivity index (χ4v) is 2.68. The van der Waals surface area contributed by atoms with E-state index in [0.29, 0.717) is 23.4 Å². The van der Waals surface area contributed by atoms with E-state index in [1.54, 1.807) is 13.0 Å². The molecular formula is C14H13F3N2OS. The summed E-state index contributed by atoms with van der Waals surface area (Å²) in [5.74, 6) is -0.783. The van der Waals surface area contributed by atoms with Gasteiger partial charge in [-0.1, -0.05) is 25.1 Å². The Bertz CT molecular complexity index is 664. The van der Waals surface area contributed by atoms with Gasteiger partial charge in [-0.05, 0) is 24.5 Å². The number of aromatic nitrogens is 1. The van der Waals surface area contributed by atoms with Crippen LogP contribution in [0.25, 0.3) is 0 Å². The molecule has 1 aromatic carbocycles. The number of anilines is 1. The molecule has 0 spiro atoms. The van der Waals surface area contributed by atoms with Crippen molar-refractivity contribution in [2.75, 3.05) is 5.32 Å². The summed E-state index contributed by atoms with van der Waals surface area (Å²) < 4.78 is 38.3. The minimum atomic E-state index is -4.63. The summed E-state index contributed by atoms with van der Waals surface area (Å²) in [6, 6.07) is 5.48. The number of benzene rings is 1. The third-order valence-electron chi connectivity index (χ3n) is 3.02. The number of rotatable bonds is 3. The molecule has 1 N–H and O–H groups in total. The maximum absolute atomic E-state index is 12.8. The zero-order valence-corrected chi connectivity index (χ0v) is 12.2. The maximum atomic E-state index is 12.8. The summed E-state index contributed by atoms with van der Waals surface area (Å²) in [5, 5.41) is 2.58. The highest BCUT2D eigenvalue weighted by Crippen LogP contribution is 2.33. The van der Waals surface area contributed by atoms with E-state index in [-0.39, 0.29) is 0 Å². The van der Waals surface area contributed by atoms with Crippen molar-refractivity contribution >= 4 is 22.9 Å². The molecule has 0 atom stereocenters. The van der Waals surface area contributed by atoms with Crippen LogP contribution >= 0.6 is 11.3 Å². The average Bonchev–Trinajstić information content (AvgIpc) is 2.90. The largest absolute Gasteiger partial charge is 0.434 e. The maximum Gasteiger partial charge on any atom is 0.434 e. The van der Waals surface area contributed by atoms with E-state index in [4.69, 9.17) is 0 Å². The number of thiazole rings is 1. The minimum Gasteiger partial charge on any atom is -0.321 e. The molecule has 1 amide bonds. The van der Waals surface area contributed by atoms with E-state index in [9.17, 15) is 18.0 Å². The first-order valence-corrected chi connectivity index (χ1v) is 7.13. The van der Waals surface area contributed by atoms with Crippen LogP contribution in [0.15, 0.2) is 23.7 Å². The number of carbonyl (C=O) groups excluding carboxylic acids is 1. The molecule has 21 heavy (non-hydrogen) atoms. The summed E-state index contributed by atoms with van der Waals surface area (Å²) in [6.45, 7) is 3.71. The third-order valence-corrected chi connectivity index (χ3v) is 3.85. The Hall–Kier alpha value is -1.89. The smallest absolute Gasteiger partial charge is 0.321 e.